The van der Waals surface area contributed by atoms with Crippen LogP contribution in [0, 0.1) is 17.7 Å². The lowest BCUT2D eigenvalue weighted by atomic mass is 10.1. The lowest BCUT2D eigenvalue weighted by Gasteiger charge is -1.95. The number of aliphatic hydroxyl groups excluding tert-OH is 1. The van der Waals surface area contributed by atoms with Gasteiger partial charge in [-0.05, 0) is 18.2 Å². The molecule has 14 heavy (non-hydrogen) atoms. The van der Waals surface area contributed by atoms with Crippen LogP contribution in [0.3, 0.4) is 0 Å². The number of carbonyl (C=O) groups is 1. The van der Waals surface area contributed by atoms with E-state index in [0.29, 0.717) is 18.3 Å². The molecular weight excluding hydrogens is 183 g/mol. The fourth-order valence-electron chi connectivity index (χ4n) is 0.959. The van der Waals surface area contributed by atoms with Crippen LogP contribution in [-0.4, -0.2) is 18.0 Å². The van der Waals surface area contributed by atoms with Crippen LogP contribution in [-0.2, 0) is 0 Å². The third-order valence-electron chi connectivity index (χ3n) is 1.60. The van der Waals surface area contributed by atoms with Crippen LogP contribution >= 0.6 is 0 Å². The smallest absolute Gasteiger partial charge is 0.151 e. The highest BCUT2D eigenvalue weighted by Crippen LogP contribution is 2.07. The summed E-state index contributed by atoms with van der Waals surface area (Å²) in [5.74, 6) is 4.89. The average Bonchev–Trinajstić information content (AvgIpc) is 2.20. The summed E-state index contributed by atoms with van der Waals surface area (Å²) in [7, 11) is 0. The van der Waals surface area contributed by atoms with E-state index in [1.807, 2.05) is 0 Å². The summed E-state index contributed by atoms with van der Waals surface area (Å²) in [6.07, 6.45) is 0.904. The van der Waals surface area contributed by atoms with E-state index in [-0.39, 0.29) is 12.2 Å². The second-order valence-corrected chi connectivity index (χ2v) is 2.62. The van der Waals surface area contributed by atoms with Crippen molar-refractivity contribution < 1.29 is 14.3 Å². The monoisotopic (exact) mass is 192 g/mol. The molecule has 0 aliphatic rings. The topological polar surface area (TPSA) is 37.3 Å². The van der Waals surface area contributed by atoms with E-state index in [2.05, 4.69) is 11.8 Å². The maximum absolute atomic E-state index is 12.7. The molecule has 1 rings (SSSR count). The average molecular weight is 192 g/mol. The zero-order valence-corrected chi connectivity index (χ0v) is 7.46. The van der Waals surface area contributed by atoms with Gasteiger partial charge in [0.1, 0.15) is 5.82 Å². The fourth-order valence-corrected chi connectivity index (χ4v) is 0.959. The van der Waals surface area contributed by atoms with Gasteiger partial charge >= 0.3 is 0 Å². The molecule has 0 fully saturated rings. The van der Waals surface area contributed by atoms with Gasteiger partial charge in [0.15, 0.2) is 6.29 Å². The van der Waals surface area contributed by atoms with Crippen molar-refractivity contribution >= 4 is 6.29 Å². The van der Waals surface area contributed by atoms with Gasteiger partial charge in [-0.1, -0.05) is 11.8 Å². The van der Waals surface area contributed by atoms with Gasteiger partial charge in [-0.25, -0.2) is 4.39 Å². The Labute approximate surface area is 81.4 Å². The van der Waals surface area contributed by atoms with Crippen molar-refractivity contribution in [3.8, 4) is 11.8 Å². The van der Waals surface area contributed by atoms with Crippen LogP contribution in [0.25, 0.3) is 0 Å². The van der Waals surface area contributed by atoms with Crippen LogP contribution in [0.4, 0.5) is 4.39 Å². The Balaban J connectivity index is 2.98. The molecule has 0 amide bonds. The van der Waals surface area contributed by atoms with Crippen molar-refractivity contribution in [3.63, 3.8) is 0 Å². The van der Waals surface area contributed by atoms with E-state index < -0.39 is 5.82 Å². The first-order valence-corrected chi connectivity index (χ1v) is 4.12. The Morgan fingerprint density at radius 2 is 2.29 bits per heavy atom. The summed E-state index contributed by atoms with van der Waals surface area (Å²) in [5.41, 5.74) is 0.713. The van der Waals surface area contributed by atoms with E-state index >= 15 is 0 Å². The summed E-state index contributed by atoms with van der Waals surface area (Å²) in [6.45, 7) is -0.0232. The molecule has 0 heterocycles. The summed E-state index contributed by atoms with van der Waals surface area (Å²) in [5, 5.41) is 8.48. The predicted octanol–water partition coefficient (Wildman–Crippen LogP) is 1.37. The van der Waals surface area contributed by atoms with Gasteiger partial charge in [0, 0.05) is 17.5 Å². The van der Waals surface area contributed by atoms with Gasteiger partial charge in [-0.2, -0.15) is 0 Å². The van der Waals surface area contributed by atoms with E-state index in [0.717, 1.165) is 6.07 Å². The summed E-state index contributed by atoms with van der Waals surface area (Å²) >= 11 is 0. The maximum atomic E-state index is 12.7. The maximum Gasteiger partial charge on any atom is 0.151 e. The minimum atomic E-state index is -0.459. The molecule has 3 heteroatoms. The van der Waals surface area contributed by atoms with Gasteiger partial charge < -0.3 is 5.11 Å². The molecule has 0 unspecified atom stereocenters. The summed E-state index contributed by atoms with van der Waals surface area (Å²) in [4.78, 5) is 10.5. The standard InChI is InChI=1S/C11H9FO2/c12-11-5-4-9(3-1-2-6-13)10(7-11)8-14/h4-5,7-8,13H,2,6H2. The first-order valence-electron chi connectivity index (χ1n) is 4.12. The zero-order valence-electron chi connectivity index (χ0n) is 7.46. The lowest BCUT2D eigenvalue weighted by Crippen LogP contribution is -1.89. The predicted molar refractivity (Wildman–Crippen MR) is 50.4 cm³/mol. The first-order chi connectivity index (χ1) is 6.77. The SMILES string of the molecule is O=Cc1cc(F)ccc1C#CCCO. The van der Waals surface area contributed by atoms with Gasteiger partial charge in [0.25, 0.3) is 0 Å². The number of halogens is 1. The molecule has 1 aromatic carbocycles. The van der Waals surface area contributed by atoms with Crippen molar-refractivity contribution in [2.75, 3.05) is 6.61 Å². The van der Waals surface area contributed by atoms with Crippen molar-refractivity contribution in [1.29, 1.82) is 0 Å². The Hall–Kier alpha value is -1.66. The normalized spacial score (nSPS) is 9.00. The van der Waals surface area contributed by atoms with Gasteiger partial charge in [-0.3, -0.25) is 4.79 Å². The van der Waals surface area contributed by atoms with Crippen LogP contribution in [0.1, 0.15) is 22.3 Å². The number of hydrogen-bond acceptors (Lipinski definition) is 2. The van der Waals surface area contributed by atoms with Crippen molar-refractivity contribution in [2.24, 2.45) is 0 Å². The molecule has 0 bridgehead atoms. The Morgan fingerprint density at radius 3 is 2.93 bits per heavy atom. The highest BCUT2D eigenvalue weighted by Gasteiger charge is 1.99. The molecule has 1 N–H and O–H groups in total. The highest BCUT2D eigenvalue weighted by atomic mass is 19.1. The summed E-state index contributed by atoms with van der Waals surface area (Å²) in [6, 6.07) is 3.83. The Kier molecular flexibility index (Phi) is 3.84. The molecule has 0 aromatic heterocycles. The highest BCUT2D eigenvalue weighted by molar-refractivity contribution is 5.79. The molecule has 0 radical (unpaired) electrons. The Bertz CT molecular complexity index is 388. The second-order valence-electron chi connectivity index (χ2n) is 2.62. The molecule has 0 spiro atoms. The number of aldehydes is 1. The van der Waals surface area contributed by atoms with Gasteiger partial charge in [0.2, 0.25) is 0 Å². The van der Waals surface area contributed by atoms with E-state index in [1.54, 1.807) is 0 Å². The molecule has 0 aliphatic carbocycles. The molecule has 0 atom stereocenters. The van der Waals surface area contributed by atoms with Crippen molar-refractivity contribution in [1.82, 2.24) is 0 Å². The van der Waals surface area contributed by atoms with Crippen LogP contribution in [0.5, 0.6) is 0 Å². The van der Waals surface area contributed by atoms with Crippen molar-refractivity contribution in [3.05, 3.63) is 35.1 Å². The van der Waals surface area contributed by atoms with Crippen molar-refractivity contribution in [2.45, 2.75) is 6.42 Å². The van der Waals surface area contributed by atoms with Crippen LogP contribution in [0.15, 0.2) is 18.2 Å². The fraction of sp³-hybridized carbons (Fsp3) is 0.182. The largest absolute Gasteiger partial charge is 0.395 e. The number of carbonyl (C=O) groups excluding carboxylic acids is 1. The molecule has 1 aromatic rings. The minimum Gasteiger partial charge on any atom is -0.395 e. The third kappa shape index (κ3) is 2.68. The lowest BCUT2D eigenvalue weighted by molar-refractivity contribution is 0.112. The van der Waals surface area contributed by atoms with Crippen LogP contribution < -0.4 is 0 Å². The molecule has 0 saturated carbocycles. The first kappa shape index (κ1) is 10.4. The number of aliphatic hydroxyl groups is 1. The molecule has 2 nitrogen and oxygen atoms in total. The van der Waals surface area contributed by atoms with Crippen LogP contribution in [0.2, 0.25) is 0 Å². The number of rotatable bonds is 2. The molecule has 72 valence electrons. The summed E-state index contributed by atoms with van der Waals surface area (Å²) < 4.78 is 12.7. The molecule has 0 aliphatic heterocycles. The number of benzene rings is 1. The Morgan fingerprint density at radius 1 is 1.50 bits per heavy atom. The van der Waals surface area contributed by atoms with Gasteiger partial charge in [0.05, 0.1) is 6.61 Å². The van der Waals surface area contributed by atoms with E-state index in [4.69, 9.17) is 5.11 Å². The quantitative estimate of drug-likeness (QED) is 0.567. The minimum absolute atomic E-state index is 0.0232. The second kappa shape index (κ2) is 5.15. The van der Waals surface area contributed by atoms with Gasteiger partial charge in [-0.15, -0.1) is 0 Å². The molecule has 0 saturated heterocycles. The third-order valence-corrected chi connectivity index (χ3v) is 1.60. The zero-order chi connectivity index (χ0) is 10.4. The molecular formula is C11H9FO2. The van der Waals surface area contributed by atoms with E-state index in [9.17, 15) is 9.18 Å². The van der Waals surface area contributed by atoms with E-state index in [1.165, 1.54) is 12.1 Å². The number of hydrogen-bond donors (Lipinski definition) is 1.